The monoisotopic (exact) mass is 355 g/mol. The van der Waals surface area contributed by atoms with Crippen molar-refractivity contribution in [3.63, 3.8) is 0 Å². The van der Waals surface area contributed by atoms with Gasteiger partial charge >= 0.3 is 0 Å². The molecule has 0 aliphatic heterocycles. The Morgan fingerprint density at radius 2 is 1.11 bits per heavy atom. The molecule has 0 aliphatic rings. The molecule has 0 amide bonds. The molecule has 0 aliphatic carbocycles. The molecule has 130 valence electrons. The fraction of sp³-hybridized carbons (Fsp3) is 0. The number of hydrogen-bond acceptors (Lipinski definition) is 1. The Labute approximate surface area is 163 Å². The van der Waals surface area contributed by atoms with Crippen LogP contribution in [-0.2, 0) is 0 Å². The highest BCUT2D eigenvalue weighted by Gasteiger charge is 2.18. The average molecular weight is 355 g/mol. The minimum absolute atomic E-state index is 1.04. The van der Waals surface area contributed by atoms with Crippen LogP contribution in [0.1, 0.15) is 0 Å². The van der Waals surface area contributed by atoms with Crippen LogP contribution in [0.15, 0.2) is 103 Å². The fourth-order valence-corrected chi connectivity index (χ4v) is 4.37. The molecule has 0 fully saturated rings. The van der Waals surface area contributed by atoms with Crippen molar-refractivity contribution in [3.05, 3.63) is 103 Å². The molecule has 0 radical (unpaired) electrons. The maximum absolute atomic E-state index is 5.17. The van der Waals surface area contributed by atoms with Gasteiger partial charge in [-0.15, -0.1) is 0 Å². The van der Waals surface area contributed by atoms with Crippen molar-refractivity contribution in [1.82, 2.24) is 4.98 Å². The van der Waals surface area contributed by atoms with E-state index in [4.69, 9.17) is 4.98 Å². The van der Waals surface area contributed by atoms with Crippen molar-refractivity contribution < 1.29 is 0 Å². The lowest BCUT2D eigenvalue weighted by Gasteiger charge is -2.17. The molecule has 6 aromatic rings. The number of benzene rings is 5. The number of pyridine rings is 1. The fourth-order valence-electron chi connectivity index (χ4n) is 4.37. The number of rotatable bonds is 2. The normalized spacial score (nSPS) is 11.6. The predicted octanol–water partition coefficient (Wildman–Crippen LogP) is 7.31. The first kappa shape index (κ1) is 15.4. The van der Waals surface area contributed by atoms with E-state index in [0.717, 1.165) is 16.8 Å². The zero-order valence-electron chi connectivity index (χ0n) is 15.3. The van der Waals surface area contributed by atoms with Crippen LogP contribution in [0.2, 0.25) is 0 Å². The van der Waals surface area contributed by atoms with Crippen molar-refractivity contribution in [3.8, 4) is 22.4 Å². The minimum Gasteiger partial charge on any atom is -0.247 e. The highest BCUT2D eigenvalue weighted by atomic mass is 14.7. The largest absolute Gasteiger partial charge is 0.247 e. The second-order valence-corrected chi connectivity index (χ2v) is 7.22. The molecule has 1 heteroatoms. The van der Waals surface area contributed by atoms with Crippen LogP contribution in [0.4, 0.5) is 0 Å². The first-order valence-electron chi connectivity index (χ1n) is 9.58. The van der Waals surface area contributed by atoms with E-state index in [9.17, 15) is 0 Å². The molecule has 0 atom stereocenters. The summed E-state index contributed by atoms with van der Waals surface area (Å²) in [6.45, 7) is 0. The van der Waals surface area contributed by atoms with Gasteiger partial charge in [0.15, 0.2) is 0 Å². The summed E-state index contributed by atoms with van der Waals surface area (Å²) in [6, 6.07) is 36.5. The summed E-state index contributed by atoms with van der Waals surface area (Å²) in [5.41, 5.74) is 5.65. The summed E-state index contributed by atoms with van der Waals surface area (Å²) < 4.78 is 0. The third-order valence-electron chi connectivity index (χ3n) is 5.60. The zero-order chi connectivity index (χ0) is 18.5. The Kier molecular flexibility index (Phi) is 3.24. The van der Waals surface area contributed by atoms with Crippen molar-refractivity contribution >= 4 is 32.4 Å². The van der Waals surface area contributed by atoms with Crippen molar-refractivity contribution in [2.24, 2.45) is 0 Å². The van der Waals surface area contributed by atoms with Crippen LogP contribution >= 0.6 is 0 Å². The third-order valence-corrected chi connectivity index (χ3v) is 5.60. The van der Waals surface area contributed by atoms with E-state index in [1.165, 1.54) is 38.1 Å². The molecule has 0 saturated heterocycles. The van der Waals surface area contributed by atoms with Crippen LogP contribution < -0.4 is 0 Å². The molecule has 0 bridgehead atoms. The van der Waals surface area contributed by atoms with Gasteiger partial charge in [0.1, 0.15) is 0 Å². The standard InChI is InChI=1S/C27H17N/c1-3-8-18(9-4-1)25-22-16-14-19-12-7-13-20-15-17-23(26(22)24(19)20)28-27(25)21-10-5-2-6-11-21/h1-17H. The van der Waals surface area contributed by atoms with Gasteiger partial charge in [0.05, 0.1) is 11.2 Å². The molecule has 28 heavy (non-hydrogen) atoms. The molecule has 5 aromatic carbocycles. The van der Waals surface area contributed by atoms with E-state index in [-0.39, 0.29) is 0 Å². The average Bonchev–Trinajstić information content (AvgIpc) is 2.78. The number of hydrogen-bond donors (Lipinski definition) is 0. The van der Waals surface area contributed by atoms with Gasteiger partial charge in [-0.25, -0.2) is 4.98 Å². The first-order chi connectivity index (χ1) is 13.9. The maximum Gasteiger partial charge on any atom is 0.0794 e. The summed E-state index contributed by atoms with van der Waals surface area (Å²) in [5.74, 6) is 0. The Morgan fingerprint density at radius 1 is 0.464 bits per heavy atom. The second-order valence-electron chi connectivity index (χ2n) is 7.22. The quantitative estimate of drug-likeness (QED) is 0.297. The molecule has 0 saturated carbocycles. The minimum atomic E-state index is 1.04. The summed E-state index contributed by atoms with van der Waals surface area (Å²) in [6.07, 6.45) is 0. The van der Waals surface area contributed by atoms with Crippen molar-refractivity contribution in [2.75, 3.05) is 0 Å². The van der Waals surface area contributed by atoms with Crippen molar-refractivity contribution in [1.29, 1.82) is 0 Å². The lowest BCUT2D eigenvalue weighted by Crippen LogP contribution is -1.95. The van der Waals surface area contributed by atoms with E-state index >= 15 is 0 Å². The predicted molar refractivity (Wildman–Crippen MR) is 119 cm³/mol. The summed E-state index contributed by atoms with van der Waals surface area (Å²) in [7, 11) is 0. The first-order valence-corrected chi connectivity index (χ1v) is 9.58. The van der Waals surface area contributed by atoms with Gasteiger partial charge in [0.25, 0.3) is 0 Å². The molecule has 1 nitrogen and oxygen atoms in total. The topological polar surface area (TPSA) is 12.9 Å². The number of aromatic nitrogens is 1. The SMILES string of the molecule is c1ccc(-c2nc3ccc4cccc5ccc(c2-c2ccccc2)c3c45)cc1. The Bertz CT molecular complexity index is 1420. The molecule has 1 heterocycles. The Hall–Kier alpha value is -3.71. The Balaban J connectivity index is 1.86. The smallest absolute Gasteiger partial charge is 0.0794 e. The number of nitrogens with zero attached hydrogens (tertiary/aromatic N) is 1. The highest BCUT2D eigenvalue weighted by molar-refractivity contribution is 6.25. The van der Waals surface area contributed by atoms with Gasteiger partial charge in [0, 0.05) is 16.5 Å². The Morgan fingerprint density at radius 3 is 1.82 bits per heavy atom. The van der Waals surface area contributed by atoms with E-state index in [1.54, 1.807) is 0 Å². The van der Waals surface area contributed by atoms with Gasteiger partial charge < -0.3 is 0 Å². The van der Waals surface area contributed by atoms with Crippen LogP contribution in [-0.4, -0.2) is 4.98 Å². The molecule has 0 unspecified atom stereocenters. The van der Waals surface area contributed by atoms with Gasteiger partial charge in [-0.05, 0) is 33.2 Å². The van der Waals surface area contributed by atoms with Crippen LogP contribution in [0, 0.1) is 0 Å². The molecule has 0 spiro atoms. The van der Waals surface area contributed by atoms with Crippen LogP contribution in [0.5, 0.6) is 0 Å². The van der Waals surface area contributed by atoms with Crippen LogP contribution in [0.25, 0.3) is 54.8 Å². The highest BCUT2D eigenvalue weighted by Crippen LogP contribution is 2.42. The third kappa shape index (κ3) is 2.17. The molecule has 1 aromatic heterocycles. The van der Waals surface area contributed by atoms with E-state index in [2.05, 4.69) is 103 Å². The van der Waals surface area contributed by atoms with Gasteiger partial charge in [0.2, 0.25) is 0 Å². The molecular weight excluding hydrogens is 338 g/mol. The van der Waals surface area contributed by atoms with Crippen molar-refractivity contribution in [2.45, 2.75) is 0 Å². The van der Waals surface area contributed by atoms with E-state index in [0.29, 0.717) is 0 Å². The van der Waals surface area contributed by atoms with Crippen LogP contribution in [0.3, 0.4) is 0 Å². The van der Waals surface area contributed by atoms with Gasteiger partial charge in [-0.1, -0.05) is 97.1 Å². The summed E-state index contributed by atoms with van der Waals surface area (Å²) in [4.78, 5) is 5.17. The van der Waals surface area contributed by atoms with Gasteiger partial charge in [-0.2, -0.15) is 0 Å². The maximum atomic E-state index is 5.17. The lowest BCUT2D eigenvalue weighted by molar-refractivity contribution is 1.41. The second kappa shape index (κ2) is 5.90. The molecule has 6 rings (SSSR count). The molecule has 0 N–H and O–H groups in total. The molecular formula is C27H17N. The summed E-state index contributed by atoms with van der Waals surface area (Å²) in [5, 5.41) is 6.36. The van der Waals surface area contributed by atoms with Gasteiger partial charge in [-0.3, -0.25) is 0 Å². The summed E-state index contributed by atoms with van der Waals surface area (Å²) >= 11 is 0. The van der Waals surface area contributed by atoms with E-state index in [1.807, 2.05) is 0 Å². The lowest BCUT2D eigenvalue weighted by atomic mass is 9.89. The zero-order valence-corrected chi connectivity index (χ0v) is 15.3. The van der Waals surface area contributed by atoms with E-state index < -0.39 is 0 Å².